The number of halogens is 1. The summed E-state index contributed by atoms with van der Waals surface area (Å²) in [5.74, 6) is 0. The number of fused-ring (bicyclic) bond motifs is 1. The summed E-state index contributed by atoms with van der Waals surface area (Å²) in [6.07, 6.45) is 0.336. The third-order valence-corrected chi connectivity index (χ3v) is 3.03. The Morgan fingerprint density at radius 3 is 2.58 bits per heavy atom. The zero-order valence-corrected chi connectivity index (χ0v) is 12.0. The van der Waals surface area contributed by atoms with Gasteiger partial charge >= 0.3 is 6.09 Å². The molecule has 1 aromatic carbocycles. The van der Waals surface area contributed by atoms with Crippen LogP contribution < -0.4 is 4.90 Å². The van der Waals surface area contributed by atoms with Crippen LogP contribution >= 0.6 is 11.6 Å². The van der Waals surface area contributed by atoms with Gasteiger partial charge in [-0.15, -0.1) is 0 Å². The molecule has 0 saturated heterocycles. The first-order chi connectivity index (χ1) is 8.78. The van der Waals surface area contributed by atoms with Gasteiger partial charge in [-0.05, 0) is 62.6 Å². The van der Waals surface area contributed by atoms with E-state index in [1.165, 1.54) is 0 Å². The SMILES string of the molecule is CC(C)(C)OC(=O)N1CCc2cc(C(=O)Cl)ccc21. The van der Waals surface area contributed by atoms with Crippen molar-refractivity contribution in [3.63, 3.8) is 0 Å². The van der Waals surface area contributed by atoms with Crippen LogP contribution in [-0.2, 0) is 11.2 Å². The number of rotatable bonds is 1. The van der Waals surface area contributed by atoms with E-state index in [1.807, 2.05) is 20.8 Å². The highest BCUT2D eigenvalue weighted by Crippen LogP contribution is 2.30. The number of carbonyl (C=O) groups is 2. The molecule has 1 aromatic rings. The van der Waals surface area contributed by atoms with Gasteiger partial charge in [0.05, 0.1) is 5.69 Å². The summed E-state index contributed by atoms with van der Waals surface area (Å²) in [6.45, 7) is 6.05. The Morgan fingerprint density at radius 1 is 1.32 bits per heavy atom. The highest BCUT2D eigenvalue weighted by Gasteiger charge is 2.29. The molecule has 0 aromatic heterocycles. The van der Waals surface area contributed by atoms with Crippen molar-refractivity contribution in [3.05, 3.63) is 29.3 Å². The maximum atomic E-state index is 12.1. The first-order valence-electron chi connectivity index (χ1n) is 6.11. The molecule has 0 bridgehead atoms. The van der Waals surface area contributed by atoms with Crippen LogP contribution in [0, 0.1) is 0 Å². The molecular formula is C14H16ClNO3. The molecule has 1 aliphatic heterocycles. The number of hydrogen-bond acceptors (Lipinski definition) is 3. The molecule has 2 rings (SSSR count). The molecule has 0 fully saturated rings. The van der Waals surface area contributed by atoms with E-state index in [-0.39, 0.29) is 6.09 Å². The van der Waals surface area contributed by atoms with Gasteiger partial charge in [-0.3, -0.25) is 9.69 Å². The summed E-state index contributed by atoms with van der Waals surface area (Å²) < 4.78 is 5.35. The Balaban J connectivity index is 2.23. The van der Waals surface area contributed by atoms with Crippen LogP contribution in [0.4, 0.5) is 10.5 Å². The number of amides is 1. The van der Waals surface area contributed by atoms with Gasteiger partial charge in [0.2, 0.25) is 0 Å². The molecule has 1 aliphatic rings. The maximum absolute atomic E-state index is 12.1. The van der Waals surface area contributed by atoms with Gasteiger partial charge in [0.1, 0.15) is 5.60 Å². The summed E-state index contributed by atoms with van der Waals surface area (Å²) in [5.41, 5.74) is 1.66. The standard InChI is InChI=1S/C14H16ClNO3/c1-14(2,3)19-13(18)16-7-6-9-8-10(12(15)17)4-5-11(9)16/h4-5,8H,6-7H2,1-3H3. The number of ether oxygens (including phenoxy) is 1. The Labute approximate surface area is 117 Å². The van der Waals surface area contributed by atoms with Gasteiger partial charge in [0.25, 0.3) is 5.24 Å². The topological polar surface area (TPSA) is 46.6 Å². The van der Waals surface area contributed by atoms with Crippen LogP contribution in [-0.4, -0.2) is 23.5 Å². The van der Waals surface area contributed by atoms with Crippen molar-refractivity contribution < 1.29 is 14.3 Å². The zero-order chi connectivity index (χ0) is 14.2. The normalized spacial score (nSPS) is 14.2. The number of anilines is 1. The van der Waals surface area contributed by atoms with E-state index in [9.17, 15) is 9.59 Å². The van der Waals surface area contributed by atoms with Gasteiger partial charge in [0.15, 0.2) is 0 Å². The molecule has 0 N–H and O–H groups in total. The van der Waals surface area contributed by atoms with Gasteiger partial charge in [-0.25, -0.2) is 4.79 Å². The summed E-state index contributed by atoms with van der Waals surface area (Å²) in [7, 11) is 0. The third kappa shape index (κ3) is 3.07. The summed E-state index contributed by atoms with van der Waals surface area (Å²) in [6, 6.07) is 5.09. The van der Waals surface area contributed by atoms with Crippen molar-refractivity contribution in [1.82, 2.24) is 0 Å². The first kappa shape index (κ1) is 13.9. The van der Waals surface area contributed by atoms with Crippen LogP contribution in [0.3, 0.4) is 0 Å². The van der Waals surface area contributed by atoms with Gasteiger partial charge in [-0.2, -0.15) is 0 Å². The van der Waals surface area contributed by atoms with Gasteiger partial charge < -0.3 is 4.74 Å². The quantitative estimate of drug-likeness (QED) is 0.742. The molecule has 5 heteroatoms. The maximum Gasteiger partial charge on any atom is 0.414 e. The van der Waals surface area contributed by atoms with Crippen molar-refractivity contribution in [2.75, 3.05) is 11.4 Å². The number of nitrogens with zero attached hydrogens (tertiary/aromatic N) is 1. The molecule has 0 aliphatic carbocycles. The van der Waals surface area contributed by atoms with E-state index in [0.29, 0.717) is 18.5 Å². The second-order valence-electron chi connectivity index (χ2n) is 5.50. The summed E-state index contributed by atoms with van der Waals surface area (Å²) in [4.78, 5) is 24.7. The molecule has 1 heterocycles. The van der Waals surface area contributed by atoms with Crippen LogP contribution in [0.2, 0.25) is 0 Å². The Kier molecular flexibility index (Phi) is 3.54. The van der Waals surface area contributed by atoms with E-state index >= 15 is 0 Å². The fourth-order valence-corrected chi connectivity index (χ4v) is 2.15. The monoisotopic (exact) mass is 281 g/mol. The zero-order valence-electron chi connectivity index (χ0n) is 11.2. The molecule has 19 heavy (non-hydrogen) atoms. The molecule has 0 saturated carbocycles. The lowest BCUT2D eigenvalue weighted by atomic mass is 10.1. The summed E-state index contributed by atoms with van der Waals surface area (Å²) >= 11 is 5.45. The molecule has 102 valence electrons. The molecule has 1 amide bonds. The van der Waals surface area contributed by atoms with Crippen LogP contribution in [0.15, 0.2) is 18.2 Å². The van der Waals surface area contributed by atoms with E-state index in [1.54, 1.807) is 23.1 Å². The molecule has 0 radical (unpaired) electrons. The van der Waals surface area contributed by atoms with E-state index in [4.69, 9.17) is 16.3 Å². The third-order valence-electron chi connectivity index (χ3n) is 2.82. The van der Waals surface area contributed by atoms with E-state index < -0.39 is 10.8 Å². The fourth-order valence-electron chi connectivity index (χ4n) is 2.03. The fraction of sp³-hybridized carbons (Fsp3) is 0.429. The molecule has 0 spiro atoms. The van der Waals surface area contributed by atoms with Crippen molar-refractivity contribution in [3.8, 4) is 0 Å². The first-order valence-corrected chi connectivity index (χ1v) is 6.49. The largest absolute Gasteiger partial charge is 0.443 e. The molecule has 4 nitrogen and oxygen atoms in total. The number of hydrogen-bond donors (Lipinski definition) is 0. The van der Waals surface area contributed by atoms with E-state index in [2.05, 4.69) is 0 Å². The minimum absolute atomic E-state index is 0.365. The predicted molar refractivity (Wildman–Crippen MR) is 73.9 cm³/mol. The van der Waals surface area contributed by atoms with Crippen molar-refractivity contribution in [2.45, 2.75) is 32.8 Å². The van der Waals surface area contributed by atoms with Crippen LogP contribution in [0.5, 0.6) is 0 Å². The van der Waals surface area contributed by atoms with E-state index in [0.717, 1.165) is 11.3 Å². The lowest BCUT2D eigenvalue weighted by Crippen LogP contribution is -2.35. The molecule has 0 unspecified atom stereocenters. The smallest absolute Gasteiger partial charge is 0.414 e. The minimum Gasteiger partial charge on any atom is -0.443 e. The minimum atomic E-state index is -0.522. The number of carbonyl (C=O) groups excluding carboxylic acids is 2. The second kappa shape index (κ2) is 4.85. The number of benzene rings is 1. The predicted octanol–water partition coefficient (Wildman–Crippen LogP) is 3.36. The van der Waals surface area contributed by atoms with Crippen molar-refractivity contribution in [1.29, 1.82) is 0 Å². The summed E-state index contributed by atoms with van der Waals surface area (Å²) in [5, 5.41) is -0.487. The van der Waals surface area contributed by atoms with Crippen LogP contribution in [0.1, 0.15) is 36.7 Å². The van der Waals surface area contributed by atoms with Crippen molar-refractivity contribution >= 4 is 28.6 Å². The lowest BCUT2D eigenvalue weighted by Gasteiger charge is -2.24. The van der Waals surface area contributed by atoms with Gasteiger partial charge in [0, 0.05) is 12.1 Å². The highest BCUT2D eigenvalue weighted by atomic mass is 35.5. The van der Waals surface area contributed by atoms with Crippen LogP contribution in [0.25, 0.3) is 0 Å². The molecule has 0 atom stereocenters. The average Bonchev–Trinajstić information content (AvgIpc) is 2.68. The molecular weight excluding hydrogens is 266 g/mol. The van der Waals surface area contributed by atoms with Gasteiger partial charge in [-0.1, -0.05) is 0 Å². The Hall–Kier alpha value is -1.55. The van der Waals surface area contributed by atoms with Crippen molar-refractivity contribution in [2.24, 2.45) is 0 Å². The highest BCUT2D eigenvalue weighted by molar-refractivity contribution is 6.67. The lowest BCUT2D eigenvalue weighted by molar-refractivity contribution is 0.0584. The Morgan fingerprint density at radius 2 is 2.00 bits per heavy atom. The second-order valence-corrected chi connectivity index (χ2v) is 5.84. The Bertz CT molecular complexity index is 534. The average molecular weight is 282 g/mol.